The van der Waals surface area contributed by atoms with Gasteiger partial charge in [0.1, 0.15) is 5.75 Å². The van der Waals surface area contributed by atoms with Gasteiger partial charge in [0.25, 0.3) is 0 Å². The Balaban J connectivity index is 0.000000751. The van der Waals surface area contributed by atoms with Crippen LogP contribution in [0.4, 0.5) is 0 Å². The van der Waals surface area contributed by atoms with Crippen LogP contribution in [0.15, 0.2) is 24.3 Å². The Morgan fingerprint density at radius 2 is 1.75 bits per heavy atom. The zero-order valence-corrected chi connectivity index (χ0v) is 19.8. The molecule has 2 rings (SSSR count). The zero-order chi connectivity index (χ0) is 24.3. The monoisotopic (exact) mass is 451 g/mol. The molecule has 1 amide bonds. The fraction of sp³-hybridized carbons (Fsp3) is 0.609. The number of hydrogen-bond donors (Lipinski definition) is 3. The van der Waals surface area contributed by atoms with Crippen molar-refractivity contribution >= 4 is 17.8 Å². The quantitative estimate of drug-likeness (QED) is 0.512. The number of carbonyl (C=O) groups is 3. The van der Waals surface area contributed by atoms with Crippen LogP contribution < -0.4 is 10.1 Å². The second kappa shape index (κ2) is 13.0. The predicted octanol–water partition coefficient (Wildman–Crippen LogP) is 1.77. The number of likely N-dealkylation sites (tertiary alicyclic amines) is 1. The van der Waals surface area contributed by atoms with Crippen molar-refractivity contribution in [2.24, 2.45) is 11.3 Å². The molecule has 9 nitrogen and oxygen atoms in total. The number of nitrogens with zero attached hydrogens (tertiary/aromatic N) is 2. The zero-order valence-electron chi connectivity index (χ0n) is 19.8. The Labute approximate surface area is 190 Å². The summed E-state index contributed by atoms with van der Waals surface area (Å²) in [6, 6.07) is 8.22. The number of rotatable bonds is 8. The van der Waals surface area contributed by atoms with E-state index in [9.17, 15) is 4.79 Å². The third-order valence-corrected chi connectivity index (χ3v) is 5.17. The van der Waals surface area contributed by atoms with Gasteiger partial charge in [0.05, 0.1) is 7.11 Å². The normalized spacial score (nSPS) is 14.9. The summed E-state index contributed by atoms with van der Waals surface area (Å²) in [4.78, 5) is 35.3. The first-order valence-electron chi connectivity index (χ1n) is 10.7. The Morgan fingerprint density at radius 1 is 1.16 bits per heavy atom. The summed E-state index contributed by atoms with van der Waals surface area (Å²) in [6.45, 7) is 8.95. The minimum absolute atomic E-state index is 0.0895. The number of hydrogen-bond acceptors (Lipinski definition) is 6. The predicted molar refractivity (Wildman–Crippen MR) is 122 cm³/mol. The molecule has 1 saturated heterocycles. The molecule has 0 aliphatic carbocycles. The van der Waals surface area contributed by atoms with Crippen molar-refractivity contribution in [3.63, 3.8) is 0 Å². The van der Waals surface area contributed by atoms with Crippen LogP contribution in [0.2, 0.25) is 0 Å². The SMILES string of the molecule is COc1cccc(CN2CCC(C(=O)NCC(C)(C)CN(C)C)CC2)c1.O=C(O)C(=O)O. The third-order valence-electron chi connectivity index (χ3n) is 5.17. The topological polar surface area (TPSA) is 119 Å². The fourth-order valence-corrected chi connectivity index (χ4v) is 3.76. The minimum atomic E-state index is -1.82. The number of piperidine rings is 1. The van der Waals surface area contributed by atoms with Gasteiger partial charge in [0, 0.05) is 25.6 Å². The summed E-state index contributed by atoms with van der Waals surface area (Å²) in [6.07, 6.45) is 1.87. The highest BCUT2D eigenvalue weighted by Crippen LogP contribution is 2.21. The van der Waals surface area contributed by atoms with Gasteiger partial charge in [-0.15, -0.1) is 0 Å². The summed E-state index contributed by atoms with van der Waals surface area (Å²) >= 11 is 0. The number of carbonyl (C=O) groups excluding carboxylic acids is 1. The van der Waals surface area contributed by atoms with Gasteiger partial charge >= 0.3 is 11.9 Å². The van der Waals surface area contributed by atoms with Gasteiger partial charge in [0.2, 0.25) is 5.91 Å². The van der Waals surface area contributed by atoms with E-state index in [1.54, 1.807) is 7.11 Å². The number of carboxylic acid groups (broad SMARTS) is 2. The highest BCUT2D eigenvalue weighted by Gasteiger charge is 2.27. The van der Waals surface area contributed by atoms with E-state index < -0.39 is 11.9 Å². The van der Waals surface area contributed by atoms with Gasteiger partial charge < -0.3 is 25.2 Å². The lowest BCUT2D eigenvalue weighted by molar-refractivity contribution is -0.159. The Hall–Kier alpha value is -2.65. The van der Waals surface area contributed by atoms with Crippen LogP contribution in [0.5, 0.6) is 5.75 Å². The Kier molecular flexibility index (Phi) is 11.1. The molecular weight excluding hydrogens is 414 g/mol. The van der Waals surface area contributed by atoms with Crippen LogP contribution in [0, 0.1) is 11.3 Å². The molecule has 9 heteroatoms. The first kappa shape index (κ1) is 27.4. The molecule has 0 unspecified atom stereocenters. The maximum absolute atomic E-state index is 12.5. The molecular formula is C23H37N3O6. The van der Waals surface area contributed by atoms with E-state index in [1.165, 1.54) is 5.56 Å². The second-order valence-electron chi connectivity index (χ2n) is 9.13. The van der Waals surface area contributed by atoms with Gasteiger partial charge in [-0.05, 0) is 63.1 Å². The smallest absolute Gasteiger partial charge is 0.414 e. The van der Waals surface area contributed by atoms with E-state index in [4.69, 9.17) is 24.5 Å². The Morgan fingerprint density at radius 3 is 2.25 bits per heavy atom. The lowest BCUT2D eigenvalue weighted by Crippen LogP contribution is -2.44. The summed E-state index contributed by atoms with van der Waals surface area (Å²) < 4.78 is 5.30. The van der Waals surface area contributed by atoms with E-state index in [2.05, 4.69) is 55.2 Å². The number of aliphatic carboxylic acids is 2. The first-order chi connectivity index (χ1) is 14.9. The van der Waals surface area contributed by atoms with E-state index in [0.29, 0.717) is 0 Å². The second-order valence-corrected chi connectivity index (χ2v) is 9.13. The fourth-order valence-electron chi connectivity index (χ4n) is 3.76. The largest absolute Gasteiger partial charge is 0.497 e. The van der Waals surface area contributed by atoms with Crippen molar-refractivity contribution in [1.29, 1.82) is 0 Å². The average Bonchev–Trinajstić information content (AvgIpc) is 2.72. The molecule has 0 radical (unpaired) electrons. The lowest BCUT2D eigenvalue weighted by atomic mass is 9.91. The van der Waals surface area contributed by atoms with E-state index in [1.807, 2.05) is 12.1 Å². The number of ether oxygens (including phenoxy) is 1. The molecule has 180 valence electrons. The van der Waals surface area contributed by atoms with Crippen molar-refractivity contribution in [2.75, 3.05) is 47.4 Å². The maximum Gasteiger partial charge on any atom is 0.414 e. The molecule has 0 atom stereocenters. The summed E-state index contributed by atoms with van der Waals surface area (Å²) in [7, 11) is 5.84. The van der Waals surface area contributed by atoms with Crippen LogP contribution in [-0.4, -0.2) is 85.2 Å². The number of nitrogens with one attached hydrogen (secondary N) is 1. The van der Waals surface area contributed by atoms with Crippen LogP contribution in [0.1, 0.15) is 32.3 Å². The van der Waals surface area contributed by atoms with Gasteiger partial charge in [-0.1, -0.05) is 26.0 Å². The number of amides is 1. The molecule has 1 aromatic carbocycles. The molecule has 1 fully saturated rings. The molecule has 1 aliphatic heterocycles. The molecule has 1 heterocycles. The van der Waals surface area contributed by atoms with Crippen LogP contribution >= 0.6 is 0 Å². The molecule has 3 N–H and O–H groups in total. The molecule has 0 bridgehead atoms. The van der Waals surface area contributed by atoms with Crippen molar-refractivity contribution in [2.45, 2.75) is 33.2 Å². The highest BCUT2D eigenvalue weighted by molar-refractivity contribution is 6.27. The molecule has 32 heavy (non-hydrogen) atoms. The molecule has 0 aromatic heterocycles. The van der Waals surface area contributed by atoms with Gasteiger partial charge in [0.15, 0.2) is 0 Å². The van der Waals surface area contributed by atoms with Crippen molar-refractivity contribution in [3.05, 3.63) is 29.8 Å². The van der Waals surface area contributed by atoms with Crippen LogP contribution in [-0.2, 0) is 20.9 Å². The van der Waals surface area contributed by atoms with Crippen LogP contribution in [0.3, 0.4) is 0 Å². The van der Waals surface area contributed by atoms with Gasteiger partial charge in [-0.3, -0.25) is 9.69 Å². The van der Waals surface area contributed by atoms with Gasteiger partial charge in [-0.2, -0.15) is 0 Å². The third kappa shape index (κ3) is 10.6. The lowest BCUT2D eigenvalue weighted by Gasteiger charge is -2.33. The number of methoxy groups -OCH3 is 1. The number of benzene rings is 1. The molecule has 0 saturated carbocycles. The standard InChI is InChI=1S/C21H35N3O2.C2H2O4/c1-21(2,16-23(3)4)15-22-20(25)18-9-11-24(12-10-18)14-17-7-6-8-19(13-17)26-5;3-1(4)2(5)6/h6-8,13,18H,9-12,14-16H2,1-5H3,(H,22,25);(H,3,4)(H,5,6). The summed E-state index contributed by atoms with van der Waals surface area (Å²) in [5, 5.41) is 18.0. The van der Waals surface area contributed by atoms with Crippen molar-refractivity contribution in [3.8, 4) is 5.75 Å². The first-order valence-corrected chi connectivity index (χ1v) is 10.7. The molecule has 1 aromatic rings. The van der Waals surface area contributed by atoms with E-state index in [0.717, 1.165) is 51.3 Å². The molecule has 0 spiro atoms. The van der Waals surface area contributed by atoms with Crippen molar-refractivity contribution in [1.82, 2.24) is 15.1 Å². The minimum Gasteiger partial charge on any atom is -0.497 e. The average molecular weight is 452 g/mol. The van der Waals surface area contributed by atoms with E-state index in [-0.39, 0.29) is 17.2 Å². The summed E-state index contributed by atoms with van der Waals surface area (Å²) in [5.74, 6) is -2.38. The maximum atomic E-state index is 12.5. The Bertz CT molecular complexity index is 746. The van der Waals surface area contributed by atoms with Crippen LogP contribution in [0.25, 0.3) is 0 Å². The summed E-state index contributed by atoms with van der Waals surface area (Å²) in [5.41, 5.74) is 1.35. The van der Waals surface area contributed by atoms with Crippen molar-refractivity contribution < 1.29 is 29.3 Å². The highest BCUT2D eigenvalue weighted by atomic mass is 16.5. The van der Waals surface area contributed by atoms with E-state index >= 15 is 0 Å². The molecule has 1 aliphatic rings. The van der Waals surface area contributed by atoms with Gasteiger partial charge in [-0.25, -0.2) is 9.59 Å². The number of carboxylic acids is 2.